The summed E-state index contributed by atoms with van der Waals surface area (Å²) in [6, 6.07) is 12.3. The molecule has 0 aliphatic heterocycles. The van der Waals surface area contributed by atoms with Crippen LogP contribution >= 0.6 is 0 Å². The van der Waals surface area contributed by atoms with Crippen LogP contribution in [0, 0.1) is 22.7 Å². The van der Waals surface area contributed by atoms with Crippen LogP contribution in [0.5, 0.6) is 0 Å². The van der Waals surface area contributed by atoms with E-state index in [0.717, 1.165) is 36.9 Å². The zero-order valence-corrected chi connectivity index (χ0v) is 9.74. The molecule has 0 atom stereocenters. The van der Waals surface area contributed by atoms with Crippen molar-refractivity contribution in [3.05, 3.63) is 29.8 Å². The summed E-state index contributed by atoms with van der Waals surface area (Å²) in [5.41, 5.74) is 1.60. The van der Waals surface area contributed by atoms with E-state index in [2.05, 4.69) is 17.5 Å². The highest BCUT2D eigenvalue weighted by Gasteiger charge is 2.33. The van der Waals surface area contributed by atoms with Crippen LogP contribution in [0.4, 0.5) is 5.69 Å². The summed E-state index contributed by atoms with van der Waals surface area (Å²) in [5, 5.41) is 21.2. The van der Waals surface area contributed by atoms with Crippen LogP contribution in [0.25, 0.3) is 0 Å². The van der Waals surface area contributed by atoms with Gasteiger partial charge in [0.25, 0.3) is 0 Å². The lowest BCUT2D eigenvalue weighted by Crippen LogP contribution is -2.32. The standard InChI is InChI=1S/C14H15N3/c15-10-7-12-3-5-13(6-4-12)17-14(11-16)8-1-2-9-14/h3-6,17H,1-2,7-9H2. The summed E-state index contributed by atoms with van der Waals surface area (Å²) in [7, 11) is 0. The fourth-order valence-corrected chi connectivity index (χ4v) is 2.32. The third-order valence-electron chi connectivity index (χ3n) is 3.29. The Kier molecular flexibility index (Phi) is 3.30. The molecule has 1 aromatic carbocycles. The third-order valence-corrected chi connectivity index (χ3v) is 3.29. The monoisotopic (exact) mass is 225 g/mol. The molecule has 86 valence electrons. The molecule has 3 heteroatoms. The van der Waals surface area contributed by atoms with E-state index in [1.54, 1.807) is 0 Å². The number of nitriles is 2. The molecular formula is C14H15N3. The lowest BCUT2D eigenvalue weighted by molar-refractivity contribution is 0.613. The molecule has 1 aliphatic rings. The van der Waals surface area contributed by atoms with Gasteiger partial charge in [-0.1, -0.05) is 12.1 Å². The molecule has 0 heterocycles. The number of hydrogen-bond donors (Lipinski definition) is 1. The van der Waals surface area contributed by atoms with Crippen molar-refractivity contribution in [3.63, 3.8) is 0 Å². The summed E-state index contributed by atoms with van der Waals surface area (Å²) in [6.07, 6.45) is 4.51. The minimum atomic E-state index is -0.378. The molecule has 3 nitrogen and oxygen atoms in total. The Labute approximate surface area is 102 Å². The van der Waals surface area contributed by atoms with Crippen LogP contribution < -0.4 is 5.32 Å². The first kappa shape index (κ1) is 11.5. The van der Waals surface area contributed by atoms with Gasteiger partial charge in [-0.05, 0) is 43.4 Å². The number of hydrogen-bond acceptors (Lipinski definition) is 3. The SMILES string of the molecule is N#CCc1ccc(NC2(C#N)CCCC2)cc1. The molecular weight excluding hydrogens is 210 g/mol. The molecule has 1 aliphatic carbocycles. The van der Waals surface area contributed by atoms with Gasteiger partial charge in [0, 0.05) is 5.69 Å². The maximum atomic E-state index is 9.26. The van der Waals surface area contributed by atoms with E-state index in [0.29, 0.717) is 6.42 Å². The van der Waals surface area contributed by atoms with E-state index in [-0.39, 0.29) is 5.54 Å². The maximum absolute atomic E-state index is 9.26. The normalized spacial score (nSPS) is 17.1. The summed E-state index contributed by atoms with van der Waals surface area (Å²) in [5.74, 6) is 0. The van der Waals surface area contributed by atoms with Gasteiger partial charge in [0.05, 0.1) is 18.6 Å². The van der Waals surface area contributed by atoms with Crippen molar-refractivity contribution in [2.75, 3.05) is 5.32 Å². The number of nitrogens with one attached hydrogen (secondary N) is 1. The van der Waals surface area contributed by atoms with Crippen LogP contribution in [0.2, 0.25) is 0 Å². The van der Waals surface area contributed by atoms with Gasteiger partial charge in [-0.2, -0.15) is 10.5 Å². The Hall–Kier alpha value is -2.00. The molecule has 0 aromatic heterocycles. The van der Waals surface area contributed by atoms with Crippen LogP contribution in [0.15, 0.2) is 24.3 Å². The quantitative estimate of drug-likeness (QED) is 0.860. The number of rotatable bonds is 3. The molecule has 0 amide bonds. The van der Waals surface area contributed by atoms with Gasteiger partial charge >= 0.3 is 0 Å². The molecule has 2 rings (SSSR count). The zero-order chi connectivity index (χ0) is 12.1. The minimum Gasteiger partial charge on any atom is -0.367 e. The Morgan fingerprint density at radius 1 is 1.12 bits per heavy atom. The van der Waals surface area contributed by atoms with Crippen molar-refractivity contribution in [1.29, 1.82) is 10.5 Å². The lowest BCUT2D eigenvalue weighted by Gasteiger charge is -2.23. The summed E-state index contributed by atoms with van der Waals surface area (Å²) in [6.45, 7) is 0. The summed E-state index contributed by atoms with van der Waals surface area (Å²) >= 11 is 0. The van der Waals surface area contributed by atoms with Crippen LogP contribution in [-0.2, 0) is 6.42 Å². The van der Waals surface area contributed by atoms with Crippen molar-refractivity contribution in [3.8, 4) is 12.1 Å². The van der Waals surface area contributed by atoms with Gasteiger partial charge in [-0.15, -0.1) is 0 Å². The van der Waals surface area contributed by atoms with E-state index < -0.39 is 0 Å². The van der Waals surface area contributed by atoms with Crippen molar-refractivity contribution >= 4 is 5.69 Å². The second kappa shape index (κ2) is 4.89. The van der Waals surface area contributed by atoms with Crippen molar-refractivity contribution in [2.24, 2.45) is 0 Å². The Morgan fingerprint density at radius 2 is 1.76 bits per heavy atom. The molecule has 0 unspecified atom stereocenters. The second-order valence-corrected chi connectivity index (χ2v) is 4.56. The summed E-state index contributed by atoms with van der Waals surface area (Å²) < 4.78 is 0. The second-order valence-electron chi connectivity index (χ2n) is 4.56. The molecule has 17 heavy (non-hydrogen) atoms. The smallest absolute Gasteiger partial charge is 0.125 e. The van der Waals surface area contributed by atoms with Crippen LogP contribution in [0.3, 0.4) is 0 Å². The fraction of sp³-hybridized carbons (Fsp3) is 0.429. The van der Waals surface area contributed by atoms with E-state index in [9.17, 15) is 5.26 Å². The molecule has 0 spiro atoms. The van der Waals surface area contributed by atoms with E-state index in [1.807, 2.05) is 24.3 Å². The molecule has 1 saturated carbocycles. The lowest BCUT2D eigenvalue weighted by atomic mass is 9.99. The van der Waals surface area contributed by atoms with Crippen molar-refractivity contribution < 1.29 is 0 Å². The highest BCUT2D eigenvalue weighted by molar-refractivity contribution is 5.49. The van der Waals surface area contributed by atoms with E-state index in [4.69, 9.17) is 5.26 Å². The maximum Gasteiger partial charge on any atom is 0.125 e. The predicted molar refractivity (Wildman–Crippen MR) is 66.2 cm³/mol. The molecule has 0 saturated heterocycles. The Morgan fingerprint density at radius 3 is 2.29 bits per heavy atom. The van der Waals surface area contributed by atoms with Crippen LogP contribution in [-0.4, -0.2) is 5.54 Å². The van der Waals surface area contributed by atoms with Crippen LogP contribution in [0.1, 0.15) is 31.2 Å². The first-order valence-electron chi connectivity index (χ1n) is 5.93. The largest absolute Gasteiger partial charge is 0.367 e. The van der Waals surface area contributed by atoms with Gasteiger partial charge < -0.3 is 5.32 Å². The first-order valence-corrected chi connectivity index (χ1v) is 5.93. The van der Waals surface area contributed by atoms with Gasteiger partial charge in [0.2, 0.25) is 0 Å². The highest BCUT2D eigenvalue weighted by Crippen LogP contribution is 2.32. The predicted octanol–water partition coefficient (Wildman–Crippen LogP) is 3.00. The highest BCUT2D eigenvalue weighted by atomic mass is 15.0. The third kappa shape index (κ3) is 2.57. The number of nitrogens with zero attached hydrogens (tertiary/aromatic N) is 2. The molecule has 1 fully saturated rings. The van der Waals surface area contributed by atoms with Gasteiger partial charge in [-0.25, -0.2) is 0 Å². The van der Waals surface area contributed by atoms with E-state index >= 15 is 0 Å². The Bertz CT molecular complexity index is 456. The molecule has 0 bridgehead atoms. The average Bonchev–Trinajstić information content (AvgIpc) is 2.81. The van der Waals surface area contributed by atoms with Crippen molar-refractivity contribution in [1.82, 2.24) is 0 Å². The fourth-order valence-electron chi connectivity index (χ4n) is 2.32. The molecule has 1 N–H and O–H groups in total. The zero-order valence-electron chi connectivity index (χ0n) is 9.74. The first-order chi connectivity index (χ1) is 8.28. The average molecular weight is 225 g/mol. The number of anilines is 1. The minimum absolute atomic E-state index is 0.378. The number of benzene rings is 1. The molecule has 0 radical (unpaired) electrons. The topological polar surface area (TPSA) is 59.6 Å². The van der Waals surface area contributed by atoms with Crippen molar-refractivity contribution in [2.45, 2.75) is 37.6 Å². The Balaban J connectivity index is 2.09. The van der Waals surface area contributed by atoms with E-state index in [1.165, 1.54) is 0 Å². The van der Waals surface area contributed by atoms with Gasteiger partial charge in [0.15, 0.2) is 0 Å². The molecule has 1 aromatic rings. The summed E-state index contributed by atoms with van der Waals surface area (Å²) in [4.78, 5) is 0. The van der Waals surface area contributed by atoms with Gasteiger partial charge in [0.1, 0.15) is 5.54 Å². The van der Waals surface area contributed by atoms with Gasteiger partial charge in [-0.3, -0.25) is 0 Å².